The van der Waals surface area contributed by atoms with E-state index in [1.807, 2.05) is 11.9 Å². The van der Waals surface area contributed by atoms with Crippen molar-refractivity contribution in [2.75, 3.05) is 19.3 Å². The van der Waals surface area contributed by atoms with Crippen molar-refractivity contribution in [2.45, 2.75) is 62.8 Å². The highest BCUT2D eigenvalue weighted by atomic mass is 32.2. The molecule has 1 aliphatic carbocycles. The van der Waals surface area contributed by atoms with Crippen molar-refractivity contribution in [3.8, 4) is 0 Å². The minimum atomic E-state index is 0.335. The predicted molar refractivity (Wildman–Crippen MR) is 78.0 cm³/mol. The monoisotopic (exact) mass is 270 g/mol. The van der Waals surface area contributed by atoms with Gasteiger partial charge < -0.3 is 10.2 Å². The van der Waals surface area contributed by atoms with Crippen LogP contribution < -0.4 is 5.32 Å². The molecule has 18 heavy (non-hydrogen) atoms. The molecule has 1 saturated heterocycles. The third-order valence-electron chi connectivity index (χ3n) is 4.28. The normalized spacial score (nSPS) is 31.8. The predicted octanol–water partition coefficient (Wildman–Crippen LogP) is 2.26. The standard InChI is InChI=1S/C14H26N2OS/c1-3-18-13-7-6-12(10-13)16(2)14(17)9-11-5-4-8-15-11/h11-13,15H,3-10H2,1-2H3. The van der Waals surface area contributed by atoms with Gasteiger partial charge in [0.1, 0.15) is 0 Å². The van der Waals surface area contributed by atoms with Gasteiger partial charge in [0.2, 0.25) is 5.91 Å². The number of carbonyl (C=O) groups excluding carboxylic acids is 1. The maximum Gasteiger partial charge on any atom is 0.224 e. The van der Waals surface area contributed by atoms with E-state index in [2.05, 4.69) is 24.0 Å². The van der Waals surface area contributed by atoms with Gasteiger partial charge in [-0.25, -0.2) is 0 Å². The summed E-state index contributed by atoms with van der Waals surface area (Å²) in [5.41, 5.74) is 0. The maximum absolute atomic E-state index is 12.2. The zero-order valence-corrected chi connectivity index (χ0v) is 12.5. The molecule has 0 aromatic heterocycles. The van der Waals surface area contributed by atoms with Crippen LogP contribution in [0.25, 0.3) is 0 Å². The highest BCUT2D eigenvalue weighted by Crippen LogP contribution is 2.32. The number of hydrogen-bond donors (Lipinski definition) is 1. The number of nitrogens with one attached hydrogen (secondary N) is 1. The van der Waals surface area contributed by atoms with Gasteiger partial charge in [-0.2, -0.15) is 11.8 Å². The lowest BCUT2D eigenvalue weighted by molar-refractivity contribution is -0.132. The van der Waals surface area contributed by atoms with Crippen LogP contribution in [0.4, 0.5) is 0 Å². The Balaban J connectivity index is 1.76. The number of thioether (sulfide) groups is 1. The smallest absolute Gasteiger partial charge is 0.224 e. The van der Waals surface area contributed by atoms with Crippen molar-refractivity contribution < 1.29 is 4.79 Å². The summed E-state index contributed by atoms with van der Waals surface area (Å²) in [5.74, 6) is 1.53. The number of rotatable bonds is 5. The minimum absolute atomic E-state index is 0.335. The van der Waals surface area contributed by atoms with Gasteiger partial charge >= 0.3 is 0 Å². The number of hydrogen-bond acceptors (Lipinski definition) is 3. The van der Waals surface area contributed by atoms with Crippen molar-refractivity contribution in [3.63, 3.8) is 0 Å². The molecule has 0 radical (unpaired) electrons. The van der Waals surface area contributed by atoms with Crippen LogP contribution in [0.1, 0.15) is 45.4 Å². The van der Waals surface area contributed by atoms with Gasteiger partial charge in [-0.05, 0) is 44.4 Å². The van der Waals surface area contributed by atoms with E-state index in [0.29, 0.717) is 24.4 Å². The molecule has 104 valence electrons. The molecule has 3 atom stereocenters. The summed E-state index contributed by atoms with van der Waals surface area (Å²) in [7, 11) is 2.00. The molecule has 3 nitrogen and oxygen atoms in total. The van der Waals surface area contributed by atoms with Crippen molar-refractivity contribution >= 4 is 17.7 Å². The van der Waals surface area contributed by atoms with Gasteiger partial charge in [-0.15, -0.1) is 0 Å². The van der Waals surface area contributed by atoms with Gasteiger partial charge in [0.05, 0.1) is 0 Å². The van der Waals surface area contributed by atoms with Gasteiger partial charge in [0, 0.05) is 30.8 Å². The van der Waals surface area contributed by atoms with E-state index >= 15 is 0 Å². The van der Waals surface area contributed by atoms with Gasteiger partial charge in [0.15, 0.2) is 0 Å². The highest BCUT2D eigenvalue weighted by Gasteiger charge is 2.30. The molecule has 0 bridgehead atoms. The Morgan fingerprint density at radius 2 is 2.22 bits per heavy atom. The fraction of sp³-hybridized carbons (Fsp3) is 0.929. The first-order valence-electron chi connectivity index (χ1n) is 7.31. The van der Waals surface area contributed by atoms with Crippen LogP contribution in [-0.2, 0) is 4.79 Å². The second kappa shape index (κ2) is 6.80. The molecule has 1 amide bonds. The van der Waals surface area contributed by atoms with Crippen LogP contribution in [0.2, 0.25) is 0 Å². The Hall–Kier alpha value is -0.220. The molecule has 0 aromatic rings. The van der Waals surface area contributed by atoms with E-state index in [1.54, 1.807) is 0 Å². The Labute approximate surface area is 115 Å². The first-order chi connectivity index (χ1) is 8.70. The molecular weight excluding hydrogens is 244 g/mol. The van der Waals surface area contributed by atoms with Crippen molar-refractivity contribution in [1.29, 1.82) is 0 Å². The summed E-state index contributed by atoms with van der Waals surface area (Å²) in [6, 6.07) is 0.921. The third-order valence-corrected chi connectivity index (χ3v) is 5.52. The van der Waals surface area contributed by atoms with Crippen LogP contribution in [0.15, 0.2) is 0 Å². The molecule has 1 N–H and O–H groups in total. The summed E-state index contributed by atoms with van der Waals surface area (Å²) in [4.78, 5) is 14.3. The largest absolute Gasteiger partial charge is 0.343 e. The molecule has 2 aliphatic rings. The van der Waals surface area contributed by atoms with Gasteiger partial charge in [0.25, 0.3) is 0 Å². The first-order valence-corrected chi connectivity index (χ1v) is 8.36. The fourth-order valence-electron chi connectivity index (χ4n) is 3.15. The lowest BCUT2D eigenvalue weighted by Gasteiger charge is -2.26. The lowest BCUT2D eigenvalue weighted by atomic mass is 10.1. The van der Waals surface area contributed by atoms with Crippen molar-refractivity contribution in [2.24, 2.45) is 0 Å². The third kappa shape index (κ3) is 3.64. The molecule has 1 saturated carbocycles. The molecule has 0 spiro atoms. The van der Waals surface area contributed by atoms with E-state index in [1.165, 1.54) is 37.9 Å². The molecule has 2 fully saturated rings. The average molecular weight is 270 g/mol. The SMILES string of the molecule is CCSC1CCC(N(C)C(=O)CC2CCCN2)C1. The Bertz CT molecular complexity index is 279. The summed E-state index contributed by atoms with van der Waals surface area (Å²) in [5, 5.41) is 4.19. The average Bonchev–Trinajstić information content (AvgIpc) is 3.00. The summed E-state index contributed by atoms with van der Waals surface area (Å²) >= 11 is 2.05. The Kier molecular flexibility index (Phi) is 5.37. The van der Waals surface area contributed by atoms with E-state index < -0.39 is 0 Å². The molecule has 1 aliphatic heterocycles. The van der Waals surface area contributed by atoms with E-state index in [0.717, 1.165) is 11.8 Å². The quantitative estimate of drug-likeness (QED) is 0.832. The summed E-state index contributed by atoms with van der Waals surface area (Å²) in [6.07, 6.45) is 6.75. The highest BCUT2D eigenvalue weighted by molar-refractivity contribution is 7.99. The minimum Gasteiger partial charge on any atom is -0.343 e. The number of nitrogens with zero attached hydrogens (tertiary/aromatic N) is 1. The number of amides is 1. The van der Waals surface area contributed by atoms with Crippen LogP contribution in [0.5, 0.6) is 0 Å². The molecule has 1 heterocycles. The van der Waals surface area contributed by atoms with E-state index in [9.17, 15) is 4.79 Å². The van der Waals surface area contributed by atoms with Crippen LogP contribution in [0, 0.1) is 0 Å². The van der Waals surface area contributed by atoms with Crippen molar-refractivity contribution in [3.05, 3.63) is 0 Å². The Morgan fingerprint density at radius 1 is 1.39 bits per heavy atom. The second-order valence-corrected chi connectivity index (χ2v) is 7.12. The van der Waals surface area contributed by atoms with E-state index in [4.69, 9.17) is 0 Å². The topological polar surface area (TPSA) is 32.3 Å². The molecule has 3 unspecified atom stereocenters. The first kappa shape index (κ1) is 14.2. The van der Waals surface area contributed by atoms with Gasteiger partial charge in [-0.3, -0.25) is 4.79 Å². The summed E-state index contributed by atoms with van der Waals surface area (Å²) < 4.78 is 0. The maximum atomic E-state index is 12.2. The van der Waals surface area contributed by atoms with Crippen LogP contribution in [0.3, 0.4) is 0 Å². The number of carbonyl (C=O) groups is 1. The molecule has 4 heteroatoms. The second-order valence-electron chi connectivity index (χ2n) is 5.55. The summed E-state index contributed by atoms with van der Waals surface area (Å²) in [6.45, 7) is 3.30. The van der Waals surface area contributed by atoms with Crippen LogP contribution in [-0.4, -0.2) is 47.5 Å². The van der Waals surface area contributed by atoms with Crippen molar-refractivity contribution in [1.82, 2.24) is 10.2 Å². The zero-order chi connectivity index (χ0) is 13.0. The lowest BCUT2D eigenvalue weighted by Crippen LogP contribution is -2.39. The molecule has 2 rings (SSSR count). The molecular formula is C14H26N2OS. The van der Waals surface area contributed by atoms with E-state index in [-0.39, 0.29) is 0 Å². The van der Waals surface area contributed by atoms with Crippen LogP contribution >= 0.6 is 11.8 Å². The fourth-order valence-corrected chi connectivity index (χ4v) is 4.28. The Morgan fingerprint density at radius 3 is 2.89 bits per heavy atom. The van der Waals surface area contributed by atoms with Gasteiger partial charge in [-0.1, -0.05) is 6.92 Å². The zero-order valence-electron chi connectivity index (χ0n) is 11.7. The molecule has 0 aromatic carbocycles.